The van der Waals surface area contributed by atoms with E-state index >= 15 is 0 Å². The normalized spacial score (nSPS) is 13.4. The number of carbonyl (C=O) groups is 1. The third-order valence-electron chi connectivity index (χ3n) is 5.80. The molecule has 1 fully saturated rings. The fraction of sp³-hybridized carbons (Fsp3) is 0.320. The van der Waals surface area contributed by atoms with Gasteiger partial charge in [-0.05, 0) is 18.1 Å². The summed E-state index contributed by atoms with van der Waals surface area (Å²) in [6.45, 7) is 4.57. The van der Waals surface area contributed by atoms with Crippen LogP contribution in [-0.4, -0.2) is 58.7 Å². The van der Waals surface area contributed by atoms with Crippen molar-refractivity contribution in [3.63, 3.8) is 0 Å². The van der Waals surface area contributed by atoms with Gasteiger partial charge < -0.3 is 19.4 Å². The number of nitrogens with zero attached hydrogens (tertiary/aromatic N) is 6. The van der Waals surface area contributed by atoms with E-state index in [1.165, 1.54) is 6.33 Å². The van der Waals surface area contributed by atoms with Gasteiger partial charge in [0.25, 0.3) is 0 Å². The van der Waals surface area contributed by atoms with Crippen LogP contribution in [0.2, 0.25) is 0 Å². The maximum atomic E-state index is 12.3. The summed E-state index contributed by atoms with van der Waals surface area (Å²) in [4.78, 5) is 38.0. The molecule has 182 valence electrons. The molecule has 0 bridgehead atoms. The van der Waals surface area contributed by atoms with Crippen LogP contribution in [0.25, 0.3) is 0 Å². The van der Waals surface area contributed by atoms with Gasteiger partial charge in [-0.15, -0.1) is 0 Å². The Morgan fingerprint density at radius 2 is 1.54 bits per heavy atom. The summed E-state index contributed by atoms with van der Waals surface area (Å²) in [6, 6.07) is 19.6. The molecule has 10 heteroatoms. The smallest absolute Gasteiger partial charge is 0.409 e. The van der Waals surface area contributed by atoms with Crippen LogP contribution in [0.3, 0.4) is 0 Å². The summed E-state index contributed by atoms with van der Waals surface area (Å²) in [5.74, 6) is 0.523. The Hall–Kier alpha value is -4.21. The van der Waals surface area contributed by atoms with Crippen molar-refractivity contribution in [2.24, 2.45) is 0 Å². The minimum Gasteiger partial charge on any atom is -0.450 e. The molecule has 1 aliphatic rings. The quantitative estimate of drug-likeness (QED) is 0.356. The third-order valence-corrected chi connectivity index (χ3v) is 5.80. The SMILES string of the molecule is CCOC(=O)N1CCN(c2ncnc(N(Cc3ccccc3)Cc3ccccc3)c2[N+](=O)[O-])CC1. The number of nitro groups is 1. The fourth-order valence-electron chi connectivity index (χ4n) is 4.12. The first-order valence-corrected chi connectivity index (χ1v) is 11.6. The van der Waals surface area contributed by atoms with Gasteiger partial charge in [-0.2, -0.15) is 0 Å². The van der Waals surface area contributed by atoms with Gasteiger partial charge in [0.2, 0.25) is 11.6 Å². The van der Waals surface area contributed by atoms with Crippen molar-refractivity contribution in [2.75, 3.05) is 42.6 Å². The summed E-state index contributed by atoms with van der Waals surface area (Å²) in [5, 5.41) is 12.3. The highest BCUT2D eigenvalue weighted by Gasteiger charge is 2.32. The lowest BCUT2D eigenvalue weighted by atomic mass is 10.1. The topological polar surface area (TPSA) is 105 Å². The lowest BCUT2D eigenvalue weighted by Crippen LogP contribution is -2.49. The number of aromatic nitrogens is 2. The number of anilines is 2. The molecule has 0 atom stereocenters. The standard InChI is InChI=1S/C25H28N6O4/c1-2-35-25(32)29-15-13-28(14-16-29)23-22(31(33)34)24(27-19-26-23)30(17-20-9-5-3-6-10-20)18-21-11-7-4-8-12-21/h3-12,19H,2,13-18H2,1H3. The Labute approximate surface area is 203 Å². The maximum absolute atomic E-state index is 12.3. The molecule has 1 saturated heterocycles. The molecule has 0 saturated carbocycles. The van der Waals surface area contributed by atoms with E-state index in [2.05, 4.69) is 9.97 Å². The van der Waals surface area contributed by atoms with E-state index in [1.807, 2.05) is 70.5 Å². The zero-order valence-electron chi connectivity index (χ0n) is 19.6. The van der Waals surface area contributed by atoms with Crippen LogP contribution in [0.15, 0.2) is 67.0 Å². The first-order valence-electron chi connectivity index (χ1n) is 11.6. The summed E-state index contributed by atoms with van der Waals surface area (Å²) in [7, 11) is 0. The van der Waals surface area contributed by atoms with E-state index in [4.69, 9.17) is 4.74 Å². The molecule has 3 aromatic rings. The Morgan fingerprint density at radius 3 is 2.06 bits per heavy atom. The molecule has 1 aromatic heterocycles. The van der Waals surface area contributed by atoms with Gasteiger partial charge >= 0.3 is 11.8 Å². The molecule has 0 aliphatic carbocycles. The monoisotopic (exact) mass is 476 g/mol. The zero-order chi connectivity index (χ0) is 24.6. The van der Waals surface area contributed by atoms with Crippen molar-refractivity contribution in [1.82, 2.24) is 14.9 Å². The molecule has 1 aliphatic heterocycles. The number of piperazine rings is 1. The van der Waals surface area contributed by atoms with E-state index in [9.17, 15) is 14.9 Å². The second kappa shape index (κ2) is 11.3. The third kappa shape index (κ3) is 5.84. The van der Waals surface area contributed by atoms with Crippen molar-refractivity contribution in [1.29, 1.82) is 0 Å². The molecule has 0 spiro atoms. The van der Waals surface area contributed by atoms with Crippen molar-refractivity contribution in [3.8, 4) is 0 Å². The predicted molar refractivity (Wildman–Crippen MR) is 132 cm³/mol. The number of ether oxygens (including phenoxy) is 1. The van der Waals surface area contributed by atoms with Gasteiger partial charge in [0.1, 0.15) is 6.33 Å². The van der Waals surface area contributed by atoms with Crippen LogP contribution in [0, 0.1) is 10.1 Å². The van der Waals surface area contributed by atoms with Crippen molar-refractivity contribution >= 4 is 23.4 Å². The van der Waals surface area contributed by atoms with Gasteiger partial charge in [0.05, 0.1) is 11.5 Å². The molecule has 0 unspecified atom stereocenters. The van der Waals surface area contributed by atoms with E-state index in [0.717, 1.165) is 11.1 Å². The Bertz CT molecular complexity index is 1100. The summed E-state index contributed by atoms with van der Waals surface area (Å²) in [6.07, 6.45) is 1.00. The zero-order valence-corrected chi connectivity index (χ0v) is 19.6. The van der Waals surface area contributed by atoms with Crippen LogP contribution in [0.1, 0.15) is 18.1 Å². The minimum absolute atomic E-state index is 0.135. The van der Waals surface area contributed by atoms with Crippen LogP contribution >= 0.6 is 0 Å². The van der Waals surface area contributed by atoms with E-state index in [-0.39, 0.29) is 23.4 Å². The number of rotatable bonds is 8. The highest BCUT2D eigenvalue weighted by atomic mass is 16.6. The molecule has 4 rings (SSSR count). The molecule has 1 amide bonds. The highest BCUT2D eigenvalue weighted by molar-refractivity contribution is 5.72. The Balaban J connectivity index is 1.65. The molecule has 0 radical (unpaired) electrons. The second-order valence-corrected chi connectivity index (χ2v) is 8.13. The summed E-state index contributed by atoms with van der Waals surface area (Å²) in [5.41, 5.74) is 1.89. The first-order chi connectivity index (χ1) is 17.1. The second-order valence-electron chi connectivity index (χ2n) is 8.13. The van der Waals surface area contributed by atoms with Crippen molar-refractivity contribution < 1.29 is 14.5 Å². The summed E-state index contributed by atoms with van der Waals surface area (Å²) >= 11 is 0. The largest absolute Gasteiger partial charge is 0.450 e. The number of benzene rings is 2. The van der Waals surface area contributed by atoms with Gasteiger partial charge in [-0.25, -0.2) is 14.8 Å². The average Bonchev–Trinajstić information content (AvgIpc) is 2.89. The first kappa shape index (κ1) is 23.9. The van der Waals surface area contributed by atoms with Gasteiger partial charge in [-0.1, -0.05) is 60.7 Å². The van der Waals surface area contributed by atoms with Crippen LogP contribution < -0.4 is 9.80 Å². The summed E-state index contributed by atoms with van der Waals surface area (Å²) < 4.78 is 5.08. The minimum atomic E-state index is -0.411. The van der Waals surface area contributed by atoms with Crippen LogP contribution in [-0.2, 0) is 17.8 Å². The average molecular weight is 477 g/mol. The molecule has 35 heavy (non-hydrogen) atoms. The predicted octanol–water partition coefficient (Wildman–Crippen LogP) is 3.87. The molecule has 10 nitrogen and oxygen atoms in total. The van der Waals surface area contributed by atoms with Gasteiger partial charge in [0, 0.05) is 39.3 Å². The molecule has 2 aromatic carbocycles. The number of carbonyl (C=O) groups excluding carboxylic acids is 1. The maximum Gasteiger partial charge on any atom is 0.409 e. The van der Waals surface area contributed by atoms with Crippen molar-refractivity contribution in [2.45, 2.75) is 20.0 Å². The van der Waals surface area contributed by atoms with E-state index < -0.39 is 4.92 Å². The molecule has 0 N–H and O–H groups in total. The Kier molecular flexibility index (Phi) is 7.71. The number of hydrogen-bond acceptors (Lipinski definition) is 8. The Morgan fingerprint density at radius 1 is 0.971 bits per heavy atom. The lowest BCUT2D eigenvalue weighted by molar-refractivity contribution is -0.383. The van der Waals surface area contributed by atoms with E-state index in [1.54, 1.807) is 11.8 Å². The fourth-order valence-corrected chi connectivity index (χ4v) is 4.12. The number of hydrogen-bond donors (Lipinski definition) is 0. The van der Waals surface area contributed by atoms with Crippen LogP contribution in [0.4, 0.5) is 22.1 Å². The molecular weight excluding hydrogens is 448 g/mol. The lowest BCUT2D eigenvalue weighted by Gasteiger charge is -2.34. The van der Waals surface area contributed by atoms with Gasteiger partial charge in [-0.3, -0.25) is 10.1 Å². The van der Waals surface area contributed by atoms with E-state index in [0.29, 0.717) is 45.9 Å². The van der Waals surface area contributed by atoms with Crippen LogP contribution in [0.5, 0.6) is 0 Å². The van der Waals surface area contributed by atoms with Gasteiger partial charge in [0.15, 0.2) is 0 Å². The highest BCUT2D eigenvalue weighted by Crippen LogP contribution is 2.36. The molecular formula is C25H28N6O4. The van der Waals surface area contributed by atoms with Crippen molar-refractivity contribution in [3.05, 3.63) is 88.2 Å². The number of amides is 1. The molecule has 2 heterocycles.